The van der Waals surface area contributed by atoms with Gasteiger partial charge in [-0.3, -0.25) is 9.78 Å². The molecule has 2 aromatic rings. The predicted octanol–water partition coefficient (Wildman–Crippen LogP) is 2.23. The van der Waals surface area contributed by atoms with Crippen molar-refractivity contribution in [3.8, 4) is 0 Å². The zero-order valence-electron chi connectivity index (χ0n) is 11.6. The summed E-state index contributed by atoms with van der Waals surface area (Å²) in [6.45, 7) is 5.81. The maximum atomic E-state index is 12.0. The van der Waals surface area contributed by atoms with E-state index in [0.29, 0.717) is 11.6 Å². The third kappa shape index (κ3) is 2.81. The van der Waals surface area contributed by atoms with Crippen molar-refractivity contribution in [3.63, 3.8) is 0 Å². The summed E-state index contributed by atoms with van der Waals surface area (Å²) < 4.78 is 0. The number of aromatic amines is 1. The minimum Gasteiger partial charge on any atom is -0.314 e. The van der Waals surface area contributed by atoms with E-state index >= 15 is 0 Å². The quantitative estimate of drug-likeness (QED) is 0.897. The Balaban J connectivity index is 2.38. The molecule has 2 rings (SSSR count). The number of nitrogens with zero attached hydrogens (tertiary/aromatic N) is 3. The van der Waals surface area contributed by atoms with E-state index < -0.39 is 0 Å². The number of benzene rings is 1. The number of para-hydroxylation sites is 1. The summed E-state index contributed by atoms with van der Waals surface area (Å²) in [6.07, 6.45) is 0. The van der Waals surface area contributed by atoms with Crippen LogP contribution in [0.1, 0.15) is 26.5 Å². The maximum absolute atomic E-state index is 12.0. The molecule has 0 saturated heterocycles. The summed E-state index contributed by atoms with van der Waals surface area (Å²) in [5, 5.41) is 8.16. The lowest BCUT2D eigenvalue weighted by molar-refractivity contribution is 0.546. The Hall–Kier alpha value is -2.17. The Morgan fingerprint density at radius 1 is 1.11 bits per heavy atom. The van der Waals surface area contributed by atoms with Gasteiger partial charge in [-0.2, -0.15) is 0 Å². The van der Waals surface area contributed by atoms with Crippen molar-refractivity contribution in [2.24, 2.45) is 0 Å². The first-order chi connectivity index (χ1) is 8.89. The Kier molecular flexibility index (Phi) is 3.38. The van der Waals surface area contributed by atoms with Gasteiger partial charge < -0.3 is 4.90 Å². The molecule has 1 aromatic carbocycles. The lowest BCUT2D eigenvalue weighted by atomic mass is 9.93. The largest absolute Gasteiger partial charge is 0.314 e. The van der Waals surface area contributed by atoms with E-state index in [4.69, 9.17) is 0 Å². The second kappa shape index (κ2) is 4.84. The van der Waals surface area contributed by atoms with Crippen molar-refractivity contribution in [2.75, 3.05) is 11.9 Å². The van der Waals surface area contributed by atoms with Crippen molar-refractivity contribution in [3.05, 3.63) is 46.4 Å². The van der Waals surface area contributed by atoms with Crippen LogP contribution in [0.3, 0.4) is 0 Å². The molecule has 0 bridgehead atoms. The molecular formula is C14H18N4O. The van der Waals surface area contributed by atoms with Crippen LogP contribution in [0.25, 0.3) is 0 Å². The van der Waals surface area contributed by atoms with Crippen LogP contribution >= 0.6 is 0 Å². The van der Waals surface area contributed by atoms with Crippen LogP contribution in [0, 0.1) is 0 Å². The van der Waals surface area contributed by atoms with E-state index in [1.54, 1.807) is 4.90 Å². The molecule has 1 N–H and O–H groups in total. The molecule has 0 fully saturated rings. The molecule has 0 saturated carbocycles. The number of hydrogen-bond acceptors (Lipinski definition) is 4. The lowest BCUT2D eigenvalue weighted by Crippen LogP contribution is -2.29. The van der Waals surface area contributed by atoms with Crippen molar-refractivity contribution < 1.29 is 0 Å². The van der Waals surface area contributed by atoms with Crippen LogP contribution in [0.15, 0.2) is 35.1 Å². The molecule has 0 spiro atoms. The van der Waals surface area contributed by atoms with Gasteiger partial charge in [0.2, 0.25) is 5.95 Å². The third-order valence-corrected chi connectivity index (χ3v) is 2.86. The van der Waals surface area contributed by atoms with Crippen molar-refractivity contribution in [2.45, 2.75) is 26.2 Å². The summed E-state index contributed by atoms with van der Waals surface area (Å²) in [4.78, 5) is 16.6. The fraction of sp³-hybridized carbons (Fsp3) is 0.357. The minimum absolute atomic E-state index is 0.194. The number of nitrogens with one attached hydrogen (secondary N) is 1. The second-order valence-electron chi connectivity index (χ2n) is 5.47. The van der Waals surface area contributed by atoms with E-state index in [1.807, 2.05) is 58.2 Å². The van der Waals surface area contributed by atoms with E-state index in [1.165, 1.54) is 0 Å². The molecular weight excluding hydrogens is 240 g/mol. The molecule has 0 unspecified atom stereocenters. The van der Waals surface area contributed by atoms with E-state index in [2.05, 4.69) is 15.2 Å². The lowest BCUT2D eigenvalue weighted by Gasteiger charge is -2.19. The monoisotopic (exact) mass is 258 g/mol. The normalized spacial score (nSPS) is 11.4. The van der Waals surface area contributed by atoms with Gasteiger partial charge in [0, 0.05) is 18.2 Å². The Morgan fingerprint density at radius 3 is 2.26 bits per heavy atom. The fourth-order valence-corrected chi connectivity index (χ4v) is 1.74. The summed E-state index contributed by atoms with van der Waals surface area (Å²) in [6, 6.07) is 9.69. The van der Waals surface area contributed by atoms with Crippen molar-refractivity contribution >= 4 is 11.6 Å². The molecule has 19 heavy (non-hydrogen) atoms. The smallest absolute Gasteiger partial charge is 0.274 e. The van der Waals surface area contributed by atoms with Crippen LogP contribution < -0.4 is 10.5 Å². The molecule has 0 aliphatic rings. The Morgan fingerprint density at radius 2 is 1.74 bits per heavy atom. The zero-order chi connectivity index (χ0) is 14.0. The van der Waals surface area contributed by atoms with Crippen molar-refractivity contribution in [1.29, 1.82) is 0 Å². The standard InChI is InChI=1S/C14H18N4O/c1-14(2,3)11-12(19)15-13(17-16-11)18(4)10-8-6-5-7-9-10/h5-9H,1-4H3,(H,15,17,19). The van der Waals surface area contributed by atoms with Gasteiger partial charge in [0.1, 0.15) is 5.69 Å². The fourth-order valence-electron chi connectivity index (χ4n) is 1.74. The molecule has 5 heteroatoms. The van der Waals surface area contributed by atoms with Gasteiger partial charge in [-0.15, -0.1) is 10.2 Å². The molecule has 1 heterocycles. The predicted molar refractivity (Wildman–Crippen MR) is 75.9 cm³/mol. The third-order valence-electron chi connectivity index (χ3n) is 2.86. The molecule has 1 aromatic heterocycles. The van der Waals surface area contributed by atoms with Crippen LogP contribution in [0.5, 0.6) is 0 Å². The van der Waals surface area contributed by atoms with Crippen LogP contribution in [0.2, 0.25) is 0 Å². The van der Waals surface area contributed by atoms with Gasteiger partial charge in [0.15, 0.2) is 0 Å². The van der Waals surface area contributed by atoms with E-state index in [9.17, 15) is 4.79 Å². The molecule has 100 valence electrons. The summed E-state index contributed by atoms with van der Waals surface area (Å²) in [5.74, 6) is 0.434. The van der Waals surface area contributed by atoms with Crippen LogP contribution in [-0.4, -0.2) is 22.2 Å². The summed E-state index contributed by atoms with van der Waals surface area (Å²) >= 11 is 0. The Labute approximate surface area is 112 Å². The number of rotatable bonds is 2. The van der Waals surface area contributed by atoms with Crippen molar-refractivity contribution in [1.82, 2.24) is 15.2 Å². The molecule has 0 radical (unpaired) electrons. The zero-order valence-corrected chi connectivity index (χ0v) is 11.6. The molecule has 0 amide bonds. The van der Waals surface area contributed by atoms with Gasteiger partial charge >= 0.3 is 0 Å². The highest BCUT2D eigenvalue weighted by atomic mass is 16.1. The van der Waals surface area contributed by atoms with Gasteiger partial charge in [0.25, 0.3) is 5.56 Å². The first-order valence-electron chi connectivity index (χ1n) is 6.16. The summed E-state index contributed by atoms with van der Waals surface area (Å²) in [5.41, 5.74) is 0.874. The SMILES string of the molecule is CN(c1ccccc1)c1nnc(C(C)(C)C)c(=O)[nH]1. The van der Waals surface area contributed by atoms with E-state index in [0.717, 1.165) is 5.69 Å². The topological polar surface area (TPSA) is 61.9 Å². The maximum Gasteiger partial charge on any atom is 0.274 e. The molecule has 0 aliphatic carbocycles. The second-order valence-corrected chi connectivity index (χ2v) is 5.47. The highest BCUT2D eigenvalue weighted by Crippen LogP contribution is 2.19. The number of hydrogen-bond donors (Lipinski definition) is 1. The molecule has 0 aliphatic heterocycles. The summed E-state index contributed by atoms with van der Waals surface area (Å²) in [7, 11) is 1.84. The first-order valence-corrected chi connectivity index (χ1v) is 6.16. The van der Waals surface area contributed by atoms with Gasteiger partial charge in [-0.25, -0.2) is 0 Å². The highest BCUT2D eigenvalue weighted by Gasteiger charge is 2.21. The van der Waals surface area contributed by atoms with Gasteiger partial charge in [-0.05, 0) is 12.1 Å². The molecule has 5 nitrogen and oxygen atoms in total. The first kappa shape index (κ1) is 13.3. The Bertz CT molecular complexity index is 613. The highest BCUT2D eigenvalue weighted by molar-refractivity contribution is 5.55. The number of aromatic nitrogens is 3. The average Bonchev–Trinajstić information content (AvgIpc) is 2.37. The van der Waals surface area contributed by atoms with E-state index in [-0.39, 0.29) is 11.0 Å². The number of anilines is 2. The molecule has 0 atom stereocenters. The van der Waals surface area contributed by atoms with Crippen LogP contribution in [0.4, 0.5) is 11.6 Å². The average molecular weight is 258 g/mol. The van der Waals surface area contributed by atoms with Gasteiger partial charge in [-0.1, -0.05) is 39.0 Å². The van der Waals surface area contributed by atoms with Crippen LogP contribution in [-0.2, 0) is 5.41 Å². The number of H-pyrrole nitrogens is 1. The minimum atomic E-state index is -0.315. The van der Waals surface area contributed by atoms with Gasteiger partial charge in [0.05, 0.1) is 0 Å².